The fourth-order valence-electron chi connectivity index (χ4n) is 2.72. The number of aromatic nitrogens is 1. The zero-order valence-corrected chi connectivity index (χ0v) is 15.4. The molecule has 6 heteroatoms. The molecule has 0 bridgehead atoms. The number of carbonyl (C=O) groups excluding carboxylic acids is 1. The fraction of sp³-hybridized carbons (Fsp3) is 0.238. The summed E-state index contributed by atoms with van der Waals surface area (Å²) in [6.45, 7) is 0.848. The lowest BCUT2D eigenvalue weighted by atomic mass is 10.1. The molecule has 0 saturated carbocycles. The third kappa shape index (κ3) is 4.95. The highest BCUT2D eigenvalue weighted by atomic mass is 16.5. The third-order valence-electron chi connectivity index (χ3n) is 4.12. The number of amides is 1. The minimum Gasteiger partial charge on any atom is -0.497 e. The molecular weight excluding hydrogens is 344 g/mol. The predicted molar refractivity (Wildman–Crippen MR) is 101 cm³/mol. The second-order valence-corrected chi connectivity index (χ2v) is 6.08. The normalized spacial score (nSPS) is 10.6. The lowest BCUT2D eigenvalue weighted by Crippen LogP contribution is -2.33. The molecule has 0 N–H and O–H groups in total. The predicted octanol–water partition coefficient (Wildman–Crippen LogP) is 3.53. The SMILES string of the molecule is COCC(=O)N(Cc1ccccc1)Cc1cc(-c2ccc(OC)cc2)on1. The van der Waals surface area contributed by atoms with Crippen LogP contribution in [0.25, 0.3) is 11.3 Å². The Morgan fingerprint density at radius 1 is 1.04 bits per heavy atom. The van der Waals surface area contributed by atoms with Gasteiger partial charge in [-0.2, -0.15) is 0 Å². The largest absolute Gasteiger partial charge is 0.497 e. The smallest absolute Gasteiger partial charge is 0.249 e. The van der Waals surface area contributed by atoms with Crippen molar-refractivity contribution in [2.45, 2.75) is 13.1 Å². The summed E-state index contributed by atoms with van der Waals surface area (Å²) in [6.07, 6.45) is 0. The molecule has 1 aromatic heterocycles. The second-order valence-electron chi connectivity index (χ2n) is 6.08. The first kappa shape index (κ1) is 18.7. The van der Waals surface area contributed by atoms with Gasteiger partial charge >= 0.3 is 0 Å². The summed E-state index contributed by atoms with van der Waals surface area (Å²) in [5, 5.41) is 4.12. The van der Waals surface area contributed by atoms with Crippen molar-refractivity contribution in [1.29, 1.82) is 0 Å². The van der Waals surface area contributed by atoms with Gasteiger partial charge in [-0.05, 0) is 29.8 Å². The van der Waals surface area contributed by atoms with Crippen molar-refractivity contribution in [2.75, 3.05) is 20.8 Å². The van der Waals surface area contributed by atoms with E-state index >= 15 is 0 Å². The van der Waals surface area contributed by atoms with Crippen LogP contribution < -0.4 is 4.74 Å². The molecule has 6 nitrogen and oxygen atoms in total. The molecule has 140 valence electrons. The number of hydrogen-bond donors (Lipinski definition) is 0. The molecule has 3 rings (SSSR count). The Morgan fingerprint density at radius 2 is 1.78 bits per heavy atom. The zero-order chi connectivity index (χ0) is 19.1. The molecule has 0 unspecified atom stereocenters. The molecule has 27 heavy (non-hydrogen) atoms. The second kappa shape index (κ2) is 9.00. The van der Waals surface area contributed by atoms with E-state index in [9.17, 15) is 4.79 Å². The molecule has 3 aromatic rings. The first-order valence-electron chi connectivity index (χ1n) is 8.60. The molecule has 2 aromatic carbocycles. The van der Waals surface area contributed by atoms with Gasteiger partial charge < -0.3 is 18.9 Å². The number of ether oxygens (including phenoxy) is 2. The molecule has 0 radical (unpaired) electrons. The van der Waals surface area contributed by atoms with Crippen LogP contribution in [-0.4, -0.2) is 36.8 Å². The number of rotatable bonds is 8. The number of methoxy groups -OCH3 is 2. The molecule has 0 spiro atoms. The van der Waals surface area contributed by atoms with E-state index in [0.29, 0.717) is 24.5 Å². The van der Waals surface area contributed by atoms with Gasteiger partial charge in [0.2, 0.25) is 5.91 Å². The Labute approximate surface area is 158 Å². The van der Waals surface area contributed by atoms with E-state index < -0.39 is 0 Å². The summed E-state index contributed by atoms with van der Waals surface area (Å²) in [5.41, 5.74) is 2.62. The van der Waals surface area contributed by atoms with Crippen LogP contribution in [0.15, 0.2) is 65.2 Å². The average Bonchev–Trinajstić information content (AvgIpc) is 3.17. The summed E-state index contributed by atoms with van der Waals surface area (Å²) in [4.78, 5) is 14.1. The minimum atomic E-state index is -0.102. The zero-order valence-electron chi connectivity index (χ0n) is 15.4. The Kier molecular flexibility index (Phi) is 6.22. The van der Waals surface area contributed by atoms with Crippen LogP contribution in [0.3, 0.4) is 0 Å². The van der Waals surface area contributed by atoms with Crippen molar-refractivity contribution in [1.82, 2.24) is 10.1 Å². The minimum absolute atomic E-state index is 0.0238. The number of carbonyl (C=O) groups is 1. The van der Waals surface area contributed by atoms with Crippen LogP contribution in [0.1, 0.15) is 11.3 Å². The maximum atomic E-state index is 12.4. The number of benzene rings is 2. The van der Waals surface area contributed by atoms with Gasteiger partial charge in [0, 0.05) is 25.3 Å². The molecular formula is C21H22N2O4. The highest BCUT2D eigenvalue weighted by Crippen LogP contribution is 2.23. The van der Waals surface area contributed by atoms with Gasteiger partial charge in [-0.25, -0.2) is 0 Å². The van der Waals surface area contributed by atoms with Crippen LogP contribution in [0.2, 0.25) is 0 Å². The van der Waals surface area contributed by atoms with Crippen LogP contribution in [0.5, 0.6) is 5.75 Å². The highest BCUT2D eigenvalue weighted by Gasteiger charge is 2.17. The summed E-state index contributed by atoms with van der Waals surface area (Å²) >= 11 is 0. The fourth-order valence-corrected chi connectivity index (χ4v) is 2.72. The lowest BCUT2D eigenvalue weighted by Gasteiger charge is -2.21. The standard InChI is InChI=1S/C21H22N2O4/c1-25-15-21(24)23(13-16-6-4-3-5-7-16)14-18-12-20(27-22-18)17-8-10-19(26-2)11-9-17/h3-12H,13-15H2,1-2H3. The van der Waals surface area contributed by atoms with E-state index in [1.807, 2.05) is 60.7 Å². The van der Waals surface area contributed by atoms with Crippen LogP contribution in [-0.2, 0) is 22.6 Å². The number of hydrogen-bond acceptors (Lipinski definition) is 5. The van der Waals surface area contributed by atoms with Crippen molar-refractivity contribution < 1.29 is 18.8 Å². The van der Waals surface area contributed by atoms with Crippen molar-refractivity contribution in [3.8, 4) is 17.1 Å². The Balaban J connectivity index is 1.75. The topological polar surface area (TPSA) is 64.8 Å². The first-order chi connectivity index (χ1) is 13.2. The summed E-state index contributed by atoms with van der Waals surface area (Å²) in [5.74, 6) is 1.32. The monoisotopic (exact) mass is 366 g/mol. The molecule has 1 heterocycles. The van der Waals surface area contributed by atoms with Crippen LogP contribution in [0, 0.1) is 0 Å². The maximum Gasteiger partial charge on any atom is 0.249 e. The Morgan fingerprint density at radius 3 is 2.44 bits per heavy atom. The van der Waals surface area contributed by atoms with Crippen molar-refractivity contribution in [3.05, 3.63) is 71.9 Å². The molecule has 1 amide bonds. The van der Waals surface area contributed by atoms with E-state index in [-0.39, 0.29) is 12.5 Å². The van der Waals surface area contributed by atoms with E-state index in [1.54, 1.807) is 12.0 Å². The van der Waals surface area contributed by atoms with E-state index in [0.717, 1.165) is 16.9 Å². The summed E-state index contributed by atoms with van der Waals surface area (Å²) in [6, 6.07) is 19.2. The van der Waals surface area contributed by atoms with Gasteiger partial charge in [-0.3, -0.25) is 4.79 Å². The van der Waals surface area contributed by atoms with Crippen molar-refractivity contribution in [3.63, 3.8) is 0 Å². The van der Waals surface area contributed by atoms with Gasteiger partial charge in [0.25, 0.3) is 0 Å². The maximum absolute atomic E-state index is 12.4. The highest BCUT2D eigenvalue weighted by molar-refractivity contribution is 5.77. The van der Waals surface area contributed by atoms with E-state index in [2.05, 4.69) is 5.16 Å². The van der Waals surface area contributed by atoms with Crippen molar-refractivity contribution in [2.24, 2.45) is 0 Å². The Bertz CT molecular complexity index is 859. The molecule has 0 aliphatic carbocycles. The summed E-state index contributed by atoms with van der Waals surface area (Å²) < 4.78 is 15.6. The van der Waals surface area contributed by atoms with Crippen LogP contribution in [0.4, 0.5) is 0 Å². The molecule has 0 aliphatic rings. The lowest BCUT2D eigenvalue weighted by molar-refractivity contribution is -0.136. The quantitative estimate of drug-likeness (QED) is 0.610. The first-order valence-corrected chi connectivity index (χ1v) is 8.60. The average molecular weight is 366 g/mol. The van der Waals surface area contributed by atoms with Gasteiger partial charge in [0.1, 0.15) is 18.1 Å². The van der Waals surface area contributed by atoms with E-state index in [1.165, 1.54) is 7.11 Å². The molecule has 0 aliphatic heterocycles. The van der Waals surface area contributed by atoms with Gasteiger partial charge in [0.05, 0.1) is 13.7 Å². The van der Waals surface area contributed by atoms with Crippen LogP contribution >= 0.6 is 0 Å². The Hall–Kier alpha value is -3.12. The molecule has 0 saturated heterocycles. The molecule has 0 atom stereocenters. The van der Waals surface area contributed by atoms with Gasteiger partial charge in [-0.15, -0.1) is 0 Å². The summed E-state index contributed by atoms with van der Waals surface area (Å²) in [7, 11) is 3.14. The third-order valence-corrected chi connectivity index (χ3v) is 4.12. The van der Waals surface area contributed by atoms with Crippen molar-refractivity contribution >= 4 is 5.91 Å². The molecule has 0 fully saturated rings. The number of nitrogens with zero attached hydrogens (tertiary/aromatic N) is 2. The van der Waals surface area contributed by atoms with E-state index in [4.69, 9.17) is 14.0 Å². The van der Waals surface area contributed by atoms with Gasteiger partial charge in [-0.1, -0.05) is 35.5 Å². The van der Waals surface area contributed by atoms with Gasteiger partial charge in [0.15, 0.2) is 5.76 Å².